The zero-order chi connectivity index (χ0) is 15.4. The molecule has 22 heavy (non-hydrogen) atoms. The lowest BCUT2D eigenvalue weighted by atomic mass is 10.1. The molecule has 0 spiro atoms. The number of carbonyl (C=O) groups is 1. The maximum atomic E-state index is 12.0. The molecule has 1 aliphatic heterocycles. The molecule has 1 fully saturated rings. The number of hydrogen-bond donors (Lipinski definition) is 1. The van der Waals surface area contributed by atoms with Gasteiger partial charge in [0.2, 0.25) is 0 Å². The molecular weight excluding hydrogens is 296 g/mol. The van der Waals surface area contributed by atoms with Gasteiger partial charge < -0.3 is 15.0 Å². The van der Waals surface area contributed by atoms with E-state index in [-0.39, 0.29) is 12.5 Å². The first-order valence-corrected chi connectivity index (χ1v) is 7.84. The van der Waals surface area contributed by atoms with Gasteiger partial charge in [0.25, 0.3) is 5.91 Å². The van der Waals surface area contributed by atoms with E-state index < -0.39 is 0 Å². The molecule has 0 aliphatic carbocycles. The molecular formula is C17H18N2O2S. The lowest BCUT2D eigenvalue weighted by Gasteiger charge is -2.18. The summed E-state index contributed by atoms with van der Waals surface area (Å²) in [5.74, 6) is 0.491. The van der Waals surface area contributed by atoms with Crippen molar-refractivity contribution in [1.29, 1.82) is 0 Å². The molecule has 0 radical (unpaired) electrons. The number of rotatable bonds is 3. The standard InChI is InChI=1S/C17H18N2O2S/c20-16(18-17(22)19-10-3-4-11-19)12-21-15-9-5-7-13-6-1-2-8-14(13)15/h1-2,5-9H,3-4,10-12H2,(H,18,20,22). The Hall–Kier alpha value is -2.14. The third-order valence-electron chi connectivity index (χ3n) is 3.75. The Kier molecular flexibility index (Phi) is 4.53. The number of thiocarbonyl (C=S) groups is 1. The largest absolute Gasteiger partial charge is 0.483 e. The summed E-state index contributed by atoms with van der Waals surface area (Å²) in [6.45, 7) is 1.80. The fourth-order valence-electron chi connectivity index (χ4n) is 2.62. The lowest BCUT2D eigenvalue weighted by molar-refractivity contribution is -0.121. The molecule has 1 heterocycles. The number of hydrogen-bond acceptors (Lipinski definition) is 3. The summed E-state index contributed by atoms with van der Waals surface area (Å²) in [6, 6.07) is 13.7. The van der Waals surface area contributed by atoms with E-state index in [0.29, 0.717) is 10.9 Å². The number of benzene rings is 2. The predicted octanol–water partition coefficient (Wildman–Crippen LogP) is 2.72. The molecule has 4 nitrogen and oxygen atoms in total. The van der Waals surface area contributed by atoms with Crippen LogP contribution in [0.2, 0.25) is 0 Å². The maximum Gasteiger partial charge on any atom is 0.264 e. The van der Waals surface area contributed by atoms with Crippen molar-refractivity contribution in [3.05, 3.63) is 42.5 Å². The topological polar surface area (TPSA) is 41.6 Å². The van der Waals surface area contributed by atoms with E-state index in [2.05, 4.69) is 5.32 Å². The zero-order valence-corrected chi connectivity index (χ0v) is 13.1. The van der Waals surface area contributed by atoms with Gasteiger partial charge in [-0.2, -0.15) is 0 Å². The molecule has 0 aromatic heterocycles. The van der Waals surface area contributed by atoms with Crippen molar-refractivity contribution in [3.8, 4) is 5.75 Å². The first-order valence-electron chi connectivity index (χ1n) is 7.43. The Bertz CT molecular complexity index is 691. The Balaban J connectivity index is 1.59. The minimum absolute atomic E-state index is 0.0397. The number of nitrogens with zero attached hydrogens (tertiary/aromatic N) is 1. The molecule has 1 amide bonds. The molecule has 3 rings (SSSR count). The summed E-state index contributed by atoms with van der Waals surface area (Å²) in [6.07, 6.45) is 2.25. The SMILES string of the molecule is O=C(COc1cccc2ccccc12)NC(=S)N1CCCC1. The third kappa shape index (κ3) is 3.36. The van der Waals surface area contributed by atoms with Gasteiger partial charge >= 0.3 is 0 Å². The van der Waals surface area contributed by atoms with E-state index in [9.17, 15) is 4.79 Å². The van der Waals surface area contributed by atoms with Crippen molar-refractivity contribution < 1.29 is 9.53 Å². The minimum atomic E-state index is -0.218. The van der Waals surface area contributed by atoms with Crippen LogP contribution in [0, 0.1) is 0 Å². The number of fused-ring (bicyclic) bond motifs is 1. The Morgan fingerprint density at radius 3 is 2.68 bits per heavy atom. The van der Waals surface area contributed by atoms with Crippen LogP contribution < -0.4 is 10.1 Å². The van der Waals surface area contributed by atoms with Crippen molar-refractivity contribution >= 4 is 34.0 Å². The fourth-order valence-corrected chi connectivity index (χ4v) is 2.92. The number of ether oxygens (including phenoxy) is 1. The molecule has 1 N–H and O–H groups in total. The monoisotopic (exact) mass is 314 g/mol. The van der Waals surface area contributed by atoms with Gasteiger partial charge in [-0.25, -0.2) is 0 Å². The molecule has 0 saturated carbocycles. The first kappa shape index (κ1) is 14.8. The minimum Gasteiger partial charge on any atom is -0.483 e. The number of carbonyl (C=O) groups excluding carboxylic acids is 1. The molecule has 1 saturated heterocycles. The van der Waals surface area contributed by atoms with Crippen molar-refractivity contribution in [2.24, 2.45) is 0 Å². The Labute approximate surface area is 135 Å². The van der Waals surface area contributed by atoms with Crippen LogP contribution in [0.15, 0.2) is 42.5 Å². The summed E-state index contributed by atoms with van der Waals surface area (Å²) < 4.78 is 5.65. The van der Waals surface area contributed by atoms with Crippen LogP contribution in [0.25, 0.3) is 10.8 Å². The van der Waals surface area contributed by atoms with Crippen LogP contribution in [-0.4, -0.2) is 35.6 Å². The van der Waals surface area contributed by atoms with E-state index in [1.165, 1.54) is 0 Å². The number of amides is 1. The van der Waals surface area contributed by atoms with Gasteiger partial charge in [-0.1, -0.05) is 36.4 Å². The van der Waals surface area contributed by atoms with Crippen LogP contribution in [0.4, 0.5) is 0 Å². The Morgan fingerprint density at radius 1 is 1.14 bits per heavy atom. The van der Waals surface area contributed by atoms with Gasteiger partial charge in [0, 0.05) is 18.5 Å². The van der Waals surface area contributed by atoms with E-state index >= 15 is 0 Å². The van der Waals surface area contributed by atoms with Crippen molar-refractivity contribution in [2.75, 3.05) is 19.7 Å². The quantitative estimate of drug-likeness (QED) is 0.885. The second-order valence-electron chi connectivity index (χ2n) is 5.31. The number of likely N-dealkylation sites (tertiary alicyclic amines) is 1. The summed E-state index contributed by atoms with van der Waals surface area (Å²) in [5, 5.41) is 5.33. The van der Waals surface area contributed by atoms with E-state index in [0.717, 1.165) is 36.7 Å². The highest BCUT2D eigenvalue weighted by molar-refractivity contribution is 7.80. The Morgan fingerprint density at radius 2 is 1.86 bits per heavy atom. The van der Waals surface area contributed by atoms with E-state index in [1.54, 1.807) is 0 Å². The van der Waals surface area contributed by atoms with Crippen LogP contribution in [-0.2, 0) is 4.79 Å². The van der Waals surface area contributed by atoms with Crippen LogP contribution >= 0.6 is 12.2 Å². The van der Waals surface area contributed by atoms with Crippen molar-refractivity contribution in [3.63, 3.8) is 0 Å². The van der Waals surface area contributed by atoms with Gasteiger partial charge in [-0.3, -0.25) is 4.79 Å². The first-order chi connectivity index (χ1) is 10.7. The van der Waals surface area contributed by atoms with Crippen LogP contribution in [0.3, 0.4) is 0 Å². The van der Waals surface area contributed by atoms with Gasteiger partial charge in [-0.15, -0.1) is 0 Å². The molecule has 114 valence electrons. The molecule has 0 atom stereocenters. The third-order valence-corrected chi connectivity index (χ3v) is 4.11. The highest BCUT2D eigenvalue weighted by Gasteiger charge is 2.16. The van der Waals surface area contributed by atoms with Crippen molar-refractivity contribution in [2.45, 2.75) is 12.8 Å². The molecule has 2 aromatic rings. The average molecular weight is 314 g/mol. The zero-order valence-electron chi connectivity index (χ0n) is 12.2. The average Bonchev–Trinajstić information content (AvgIpc) is 3.07. The van der Waals surface area contributed by atoms with Crippen LogP contribution in [0.1, 0.15) is 12.8 Å². The summed E-state index contributed by atoms with van der Waals surface area (Å²) >= 11 is 5.24. The highest BCUT2D eigenvalue weighted by Crippen LogP contribution is 2.24. The highest BCUT2D eigenvalue weighted by atomic mass is 32.1. The fraction of sp³-hybridized carbons (Fsp3) is 0.294. The molecule has 5 heteroatoms. The summed E-state index contributed by atoms with van der Waals surface area (Å²) in [7, 11) is 0. The second-order valence-corrected chi connectivity index (χ2v) is 5.70. The summed E-state index contributed by atoms with van der Waals surface area (Å²) in [5.41, 5.74) is 0. The van der Waals surface area contributed by atoms with Gasteiger partial charge in [0.15, 0.2) is 11.7 Å². The summed E-state index contributed by atoms with van der Waals surface area (Å²) in [4.78, 5) is 14.0. The molecule has 0 bridgehead atoms. The normalized spacial score (nSPS) is 14.1. The van der Waals surface area contributed by atoms with Crippen LogP contribution in [0.5, 0.6) is 5.75 Å². The lowest BCUT2D eigenvalue weighted by Crippen LogP contribution is -2.42. The van der Waals surface area contributed by atoms with Gasteiger partial charge in [0.05, 0.1) is 0 Å². The van der Waals surface area contributed by atoms with Crippen molar-refractivity contribution in [1.82, 2.24) is 10.2 Å². The predicted molar refractivity (Wildman–Crippen MR) is 91.0 cm³/mol. The molecule has 0 unspecified atom stereocenters. The van der Waals surface area contributed by atoms with E-state index in [4.69, 9.17) is 17.0 Å². The maximum absolute atomic E-state index is 12.0. The molecule has 2 aromatic carbocycles. The second kappa shape index (κ2) is 6.75. The van der Waals surface area contributed by atoms with Gasteiger partial charge in [-0.05, 0) is 36.5 Å². The van der Waals surface area contributed by atoms with E-state index in [1.807, 2.05) is 47.4 Å². The molecule has 1 aliphatic rings. The number of nitrogens with one attached hydrogen (secondary N) is 1. The smallest absolute Gasteiger partial charge is 0.264 e. The van der Waals surface area contributed by atoms with Gasteiger partial charge in [0.1, 0.15) is 5.75 Å².